The van der Waals surface area contributed by atoms with Crippen molar-refractivity contribution in [2.45, 2.75) is 20.4 Å². The zero-order valence-corrected chi connectivity index (χ0v) is 17.0. The van der Waals surface area contributed by atoms with Gasteiger partial charge in [0, 0.05) is 12.2 Å². The minimum atomic E-state index is -0.434. The van der Waals surface area contributed by atoms with Crippen molar-refractivity contribution in [1.29, 1.82) is 0 Å². The largest absolute Gasteiger partial charge is 0.465 e. The van der Waals surface area contributed by atoms with E-state index in [9.17, 15) is 4.79 Å². The molecule has 0 bridgehead atoms. The van der Waals surface area contributed by atoms with Crippen LogP contribution in [0.25, 0.3) is 22.6 Å². The van der Waals surface area contributed by atoms with Gasteiger partial charge in [0.15, 0.2) is 5.58 Å². The number of fused-ring (bicyclic) bond motifs is 1. The molecular weight excluding hydrogens is 380 g/mol. The van der Waals surface area contributed by atoms with Crippen LogP contribution in [0.2, 0.25) is 0 Å². The van der Waals surface area contributed by atoms with Crippen molar-refractivity contribution in [3.05, 3.63) is 70.9 Å². The van der Waals surface area contributed by atoms with Crippen LogP contribution < -0.4 is 11.1 Å². The van der Waals surface area contributed by atoms with E-state index in [4.69, 9.17) is 14.9 Å². The highest BCUT2D eigenvalue weighted by Gasteiger charge is 2.17. The van der Waals surface area contributed by atoms with Crippen molar-refractivity contribution in [3.8, 4) is 11.5 Å². The van der Waals surface area contributed by atoms with Gasteiger partial charge in [0.25, 0.3) is 0 Å². The van der Waals surface area contributed by atoms with Crippen LogP contribution in [0.4, 0.5) is 11.5 Å². The lowest BCUT2D eigenvalue weighted by atomic mass is 10.1. The van der Waals surface area contributed by atoms with E-state index in [2.05, 4.69) is 15.3 Å². The number of hydrogen-bond acceptors (Lipinski definition) is 7. The van der Waals surface area contributed by atoms with E-state index in [1.54, 1.807) is 18.2 Å². The second kappa shape index (κ2) is 7.87. The summed E-state index contributed by atoms with van der Waals surface area (Å²) in [5.41, 5.74) is 12.0. The van der Waals surface area contributed by atoms with Crippen molar-refractivity contribution >= 4 is 28.6 Å². The maximum atomic E-state index is 12.1. The van der Waals surface area contributed by atoms with Crippen molar-refractivity contribution in [2.75, 3.05) is 18.2 Å². The maximum absolute atomic E-state index is 12.1. The third kappa shape index (κ3) is 3.69. The van der Waals surface area contributed by atoms with Gasteiger partial charge in [-0.3, -0.25) is 0 Å². The molecule has 7 heteroatoms. The number of aryl methyl sites for hydroxylation is 2. The number of rotatable bonds is 5. The summed E-state index contributed by atoms with van der Waals surface area (Å²) >= 11 is 0. The molecule has 0 unspecified atom stereocenters. The number of oxazole rings is 1. The number of ether oxygens (including phenoxy) is 1. The molecule has 0 spiro atoms. The normalized spacial score (nSPS) is 10.9. The lowest BCUT2D eigenvalue weighted by Gasteiger charge is -2.11. The number of carbonyl (C=O) groups is 1. The smallest absolute Gasteiger partial charge is 0.338 e. The van der Waals surface area contributed by atoms with Crippen molar-refractivity contribution in [3.63, 3.8) is 0 Å². The highest BCUT2D eigenvalue weighted by atomic mass is 16.5. The Morgan fingerprint density at radius 2 is 1.93 bits per heavy atom. The molecule has 0 aliphatic heterocycles. The molecule has 0 aliphatic carbocycles. The molecule has 2 aromatic carbocycles. The molecule has 0 amide bonds. The monoisotopic (exact) mass is 402 g/mol. The lowest BCUT2D eigenvalue weighted by Crippen LogP contribution is -2.06. The Kier molecular flexibility index (Phi) is 5.10. The van der Waals surface area contributed by atoms with Gasteiger partial charge >= 0.3 is 5.97 Å². The van der Waals surface area contributed by atoms with Crippen molar-refractivity contribution < 1.29 is 13.9 Å². The molecule has 0 fully saturated rings. The topological polar surface area (TPSA) is 103 Å². The van der Waals surface area contributed by atoms with Crippen LogP contribution in [-0.4, -0.2) is 23.0 Å². The Labute approximate surface area is 173 Å². The molecule has 3 N–H and O–H groups in total. The highest BCUT2D eigenvalue weighted by molar-refractivity contribution is 5.96. The van der Waals surface area contributed by atoms with Gasteiger partial charge in [-0.15, -0.1) is 0 Å². The first-order valence-corrected chi connectivity index (χ1v) is 9.51. The molecule has 30 heavy (non-hydrogen) atoms. The van der Waals surface area contributed by atoms with Gasteiger partial charge in [-0.05, 0) is 55.3 Å². The average Bonchev–Trinajstić information content (AvgIpc) is 3.18. The van der Waals surface area contributed by atoms with E-state index in [1.165, 1.54) is 7.11 Å². The molecule has 2 heterocycles. The predicted molar refractivity (Wildman–Crippen MR) is 116 cm³/mol. The highest BCUT2D eigenvalue weighted by Crippen LogP contribution is 2.28. The quantitative estimate of drug-likeness (QED) is 0.474. The molecule has 0 aliphatic rings. The molecule has 0 atom stereocenters. The van der Waals surface area contributed by atoms with Gasteiger partial charge in [-0.25, -0.2) is 14.8 Å². The molecule has 4 rings (SSSR count). The SMILES string of the molecule is COC(=O)c1ccccc1-c1nc2ccc(CNc3nc(C)cc(C)c3N)cc2o1. The van der Waals surface area contributed by atoms with E-state index in [1.807, 2.05) is 44.2 Å². The molecule has 0 saturated heterocycles. The summed E-state index contributed by atoms with van der Waals surface area (Å²) in [5.74, 6) is 0.602. The van der Waals surface area contributed by atoms with E-state index in [-0.39, 0.29) is 0 Å². The summed E-state index contributed by atoms with van der Waals surface area (Å²) in [7, 11) is 1.35. The van der Waals surface area contributed by atoms with Crippen LogP contribution in [0, 0.1) is 13.8 Å². The Bertz CT molecular complexity index is 1250. The standard InChI is InChI=1S/C23H22N4O3/c1-13-10-14(2)26-21(20(13)24)25-12-15-8-9-18-19(11-15)30-22(27-18)16-6-4-5-7-17(16)23(28)29-3/h4-11H,12,24H2,1-3H3,(H,25,26). The first-order chi connectivity index (χ1) is 14.5. The third-order valence-electron chi connectivity index (χ3n) is 4.87. The fourth-order valence-corrected chi connectivity index (χ4v) is 3.32. The molecule has 4 aromatic rings. The Morgan fingerprint density at radius 3 is 2.73 bits per heavy atom. The van der Waals surface area contributed by atoms with Crippen LogP contribution in [0.1, 0.15) is 27.2 Å². The molecule has 0 saturated carbocycles. The molecule has 7 nitrogen and oxygen atoms in total. The van der Waals surface area contributed by atoms with Crippen LogP contribution in [-0.2, 0) is 11.3 Å². The Hall–Kier alpha value is -3.87. The number of benzene rings is 2. The van der Waals surface area contributed by atoms with Gasteiger partial charge in [0.1, 0.15) is 11.3 Å². The number of esters is 1. The van der Waals surface area contributed by atoms with Crippen LogP contribution in [0.15, 0.2) is 52.9 Å². The molecular formula is C23H22N4O3. The van der Waals surface area contributed by atoms with E-state index in [0.29, 0.717) is 46.2 Å². The van der Waals surface area contributed by atoms with Crippen molar-refractivity contribution in [1.82, 2.24) is 9.97 Å². The predicted octanol–water partition coefficient (Wildman–Crippen LogP) is 4.49. The van der Waals surface area contributed by atoms with Crippen molar-refractivity contribution in [2.24, 2.45) is 0 Å². The number of carbonyl (C=O) groups excluding carboxylic acids is 1. The van der Waals surface area contributed by atoms with Crippen LogP contribution >= 0.6 is 0 Å². The Balaban J connectivity index is 1.62. The van der Waals surface area contributed by atoms with Gasteiger partial charge < -0.3 is 20.2 Å². The van der Waals surface area contributed by atoms with Gasteiger partial charge in [0.05, 0.1) is 23.9 Å². The zero-order chi connectivity index (χ0) is 21.3. The number of pyridine rings is 1. The summed E-state index contributed by atoms with van der Waals surface area (Å²) in [5, 5.41) is 3.29. The first-order valence-electron chi connectivity index (χ1n) is 9.51. The van der Waals surface area contributed by atoms with Crippen LogP contribution in [0.3, 0.4) is 0 Å². The number of anilines is 2. The minimum Gasteiger partial charge on any atom is -0.465 e. The average molecular weight is 402 g/mol. The fourth-order valence-electron chi connectivity index (χ4n) is 3.32. The zero-order valence-electron chi connectivity index (χ0n) is 17.0. The number of aromatic nitrogens is 2. The minimum absolute atomic E-state index is 0.372. The second-order valence-corrected chi connectivity index (χ2v) is 7.05. The second-order valence-electron chi connectivity index (χ2n) is 7.05. The van der Waals surface area contributed by atoms with Gasteiger partial charge in [-0.2, -0.15) is 0 Å². The summed E-state index contributed by atoms with van der Waals surface area (Å²) in [6.45, 7) is 4.43. The molecule has 0 radical (unpaired) electrons. The van der Waals surface area contributed by atoms with Crippen LogP contribution in [0.5, 0.6) is 0 Å². The van der Waals surface area contributed by atoms with Gasteiger partial charge in [-0.1, -0.05) is 18.2 Å². The number of methoxy groups -OCH3 is 1. The number of nitrogens with one attached hydrogen (secondary N) is 1. The first kappa shape index (κ1) is 19.4. The fraction of sp³-hybridized carbons (Fsp3) is 0.174. The molecule has 2 aromatic heterocycles. The number of hydrogen-bond donors (Lipinski definition) is 2. The van der Waals surface area contributed by atoms with E-state index >= 15 is 0 Å². The number of nitrogens with two attached hydrogens (primary N) is 1. The summed E-state index contributed by atoms with van der Waals surface area (Å²) in [6.07, 6.45) is 0. The van der Waals surface area contributed by atoms with Gasteiger partial charge in [0.2, 0.25) is 5.89 Å². The van der Waals surface area contributed by atoms with E-state index < -0.39 is 5.97 Å². The Morgan fingerprint density at radius 1 is 1.13 bits per heavy atom. The third-order valence-corrected chi connectivity index (χ3v) is 4.87. The lowest BCUT2D eigenvalue weighted by molar-refractivity contribution is 0.0601. The van der Waals surface area contributed by atoms with E-state index in [0.717, 1.165) is 16.8 Å². The number of nitrogen functional groups attached to an aromatic ring is 1. The summed E-state index contributed by atoms with van der Waals surface area (Å²) < 4.78 is 10.8. The summed E-state index contributed by atoms with van der Waals surface area (Å²) in [6, 6.07) is 14.8. The number of nitrogens with zero attached hydrogens (tertiary/aromatic N) is 2. The summed E-state index contributed by atoms with van der Waals surface area (Å²) in [4.78, 5) is 21.1. The molecule has 152 valence electrons. The maximum Gasteiger partial charge on any atom is 0.338 e.